The van der Waals surface area contributed by atoms with E-state index in [9.17, 15) is 4.79 Å². The second-order valence-corrected chi connectivity index (χ2v) is 4.36. The molecule has 2 heterocycles. The highest BCUT2D eigenvalue weighted by atomic mass is 16.1. The van der Waals surface area contributed by atoms with E-state index < -0.39 is 0 Å². The average molecular weight is 261 g/mol. The topological polar surface area (TPSA) is 64.7 Å². The third-order valence-corrected chi connectivity index (χ3v) is 2.92. The van der Waals surface area contributed by atoms with Gasteiger partial charge in [0, 0.05) is 38.2 Å². The Hall–Kier alpha value is -2.11. The van der Waals surface area contributed by atoms with Crippen LogP contribution in [-0.4, -0.2) is 32.0 Å². The third kappa shape index (κ3) is 3.43. The fraction of sp³-hybridized carbons (Fsp3) is 0.462. The molecule has 0 radical (unpaired) electrons. The summed E-state index contributed by atoms with van der Waals surface area (Å²) in [5.41, 5.74) is 1.42. The molecule has 0 aromatic carbocycles. The SMILES string of the molecule is CCn1cc(C(=O)NCCCn2cccn2)c(C)n1. The van der Waals surface area contributed by atoms with E-state index in [0.717, 1.165) is 25.2 Å². The zero-order valence-electron chi connectivity index (χ0n) is 11.3. The molecule has 1 N–H and O–H groups in total. The molecule has 19 heavy (non-hydrogen) atoms. The van der Waals surface area contributed by atoms with E-state index in [1.165, 1.54) is 0 Å². The van der Waals surface area contributed by atoms with Gasteiger partial charge in [0.1, 0.15) is 0 Å². The number of carbonyl (C=O) groups excluding carboxylic acids is 1. The lowest BCUT2D eigenvalue weighted by Gasteiger charge is -2.04. The normalized spacial score (nSPS) is 10.6. The van der Waals surface area contributed by atoms with Crippen LogP contribution < -0.4 is 5.32 Å². The van der Waals surface area contributed by atoms with Gasteiger partial charge >= 0.3 is 0 Å². The van der Waals surface area contributed by atoms with Gasteiger partial charge in [-0.15, -0.1) is 0 Å². The predicted molar refractivity (Wildman–Crippen MR) is 71.8 cm³/mol. The molecule has 2 rings (SSSR count). The smallest absolute Gasteiger partial charge is 0.254 e. The maximum absolute atomic E-state index is 12.0. The number of nitrogens with one attached hydrogen (secondary N) is 1. The zero-order chi connectivity index (χ0) is 13.7. The number of aryl methyl sites for hydroxylation is 3. The monoisotopic (exact) mass is 261 g/mol. The fourth-order valence-corrected chi connectivity index (χ4v) is 1.87. The van der Waals surface area contributed by atoms with Crippen molar-refractivity contribution in [3.05, 3.63) is 35.9 Å². The Kier molecular flexibility index (Phi) is 4.33. The number of nitrogens with zero attached hydrogens (tertiary/aromatic N) is 4. The standard InChI is InChI=1S/C13H19N5O/c1-3-17-10-12(11(2)16-17)13(19)14-6-4-8-18-9-5-7-15-18/h5,7,9-10H,3-4,6,8H2,1-2H3,(H,14,19). The molecule has 1 amide bonds. The van der Waals surface area contributed by atoms with Crippen molar-refractivity contribution in [1.82, 2.24) is 24.9 Å². The molecule has 0 saturated heterocycles. The van der Waals surface area contributed by atoms with Crippen molar-refractivity contribution < 1.29 is 4.79 Å². The van der Waals surface area contributed by atoms with Gasteiger partial charge in [-0.05, 0) is 26.3 Å². The van der Waals surface area contributed by atoms with E-state index in [0.29, 0.717) is 12.1 Å². The molecule has 2 aromatic rings. The van der Waals surface area contributed by atoms with Crippen LogP contribution in [0.1, 0.15) is 29.4 Å². The van der Waals surface area contributed by atoms with Gasteiger partial charge in [0.25, 0.3) is 5.91 Å². The van der Waals surface area contributed by atoms with Crippen LogP contribution in [0.25, 0.3) is 0 Å². The Morgan fingerprint density at radius 2 is 2.26 bits per heavy atom. The fourth-order valence-electron chi connectivity index (χ4n) is 1.87. The molecule has 102 valence electrons. The summed E-state index contributed by atoms with van der Waals surface area (Å²) >= 11 is 0. The molecule has 6 nitrogen and oxygen atoms in total. The van der Waals surface area contributed by atoms with Gasteiger partial charge in [0.15, 0.2) is 0 Å². The van der Waals surface area contributed by atoms with E-state index in [4.69, 9.17) is 0 Å². The summed E-state index contributed by atoms with van der Waals surface area (Å²) in [5.74, 6) is -0.0577. The van der Waals surface area contributed by atoms with Gasteiger partial charge in [-0.3, -0.25) is 14.2 Å². The summed E-state index contributed by atoms with van der Waals surface area (Å²) < 4.78 is 3.63. The summed E-state index contributed by atoms with van der Waals surface area (Å²) in [7, 11) is 0. The van der Waals surface area contributed by atoms with Crippen molar-refractivity contribution in [3.63, 3.8) is 0 Å². The Morgan fingerprint density at radius 1 is 1.42 bits per heavy atom. The first-order chi connectivity index (χ1) is 9.20. The van der Waals surface area contributed by atoms with Gasteiger partial charge in [0.2, 0.25) is 0 Å². The summed E-state index contributed by atoms with van der Waals surface area (Å²) in [6.45, 7) is 6.06. The van der Waals surface area contributed by atoms with Gasteiger partial charge in [-0.25, -0.2) is 0 Å². The summed E-state index contributed by atoms with van der Waals surface area (Å²) in [4.78, 5) is 12.0. The summed E-state index contributed by atoms with van der Waals surface area (Å²) in [6, 6.07) is 1.89. The number of aromatic nitrogens is 4. The first kappa shape index (κ1) is 13.3. The minimum Gasteiger partial charge on any atom is -0.352 e. The van der Waals surface area contributed by atoms with Crippen LogP contribution in [-0.2, 0) is 13.1 Å². The van der Waals surface area contributed by atoms with Crippen LogP contribution in [0.5, 0.6) is 0 Å². The van der Waals surface area contributed by atoms with Crippen molar-refractivity contribution in [2.75, 3.05) is 6.54 Å². The van der Waals surface area contributed by atoms with E-state index in [2.05, 4.69) is 15.5 Å². The maximum atomic E-state index is 12.0. The molecule has 0 aliphatic carbocycles. The molecule has 0 unspecified atom stereocenters. The Bertz CT molecular complexity index is 529. The summed E-state index contributed by atoms with van der Waals surface area (Å²) in [5, 5.41) is 11.3. The van der Waals surface area contributed by atoms with Crippen LogP contribution in [0.3, 0.4) is 0 Å². The highest BCUT2D eigenvalue weighted by Crippen LogP contribution is 2.05. The lowest BCUT2D eigenvalue weighted by atomic mass is 10.2. The molecular weight excluding hydrogens is 242 g/mol. The third-order valence-electron chi connectivity index (χ3n) is 2.92. The minimum absolute atomic E-state index is 0.0577. The van der Waals surface area contributed by atoms with Crippen LogP contribution in [0.4, 0.5) is 0 Å². The molecule has 6 heteroatoms. The van der Waals surface area contributed by atoms with E-state index in [1.54, 1.807) is 17.1 Å². The lowest BCUT2D eigenvalue weighted by molar-refractivity contribution is 0.0952. The highest BCUT2D eigenvalue weighted by molar-refractivity contribution is 5.94. The lowest BCUT2D eigenvalue weighted by Crippen LogP contribution is -2.25. The summed E-state index contributed by atoms with van der Waals surface area (Å²) in [6.07, 6.45) is 6.31. The van der Waals surface area contributed by atoms with Crippen LogP contribution in [0, 0.1) is 6.92 Å². The molecule has 0 aliphatic rings. The van der Waals surface area contributed by atoms with E-state index >= 15 is 0 Å². The van der Waals surface area contributed by atoms with Gasteiger partial charge < -0.3 is 5.32 Å². The zero-order valence-corrected chi connectivity index (χ0v) is 11.3. The minimum atomic E-state index is -0.0577. The second-order valence-electron chi connectivity index (χ2n) is 4.36. The van der Waals surface area contributed by atoms with E-state index in [1.807, 2.05) is 30.8 Å². The Labute approximate surface area is 112 Å². The largest absolute Gasteiger partial charge is 0.352 e. The number of rotatable bonds is 6. The van der Waals surface area contributed by atoms with Crippen molar-refractivity contribution in [2.45, 2.75) is 33.4 Å². The molecule has 2 aromatic heterocycles. The van der Waals surface area contributed by atoms with Crippen LogP contribution in [0.15, 0.2) is 24.7 Å². The second kappa shape index (κ2) is 6.17. The average Bonchev–Trinajstić information content (AvgIpc) is 3.03. The van der Waals surface area contributed by atoms with Gasteiger partial charge in [-0.2, -0.15) is 10.2 Å². The van der Waals surface area contributed by atoms with Crippen molar-refractivity contribution in [2.24, 2.45) is 0 Å². The molecule has 0 aliphatic heterocycles. The predicted octanol–water partition coefficient (Wildman–Crippen LogP) is 1.23. The first-order valence-corrected chi connectivity index (χ1v) is 6.50. The van der Waals surface area contributed by atoms with Gasteiger partial charge in [0.05, 0.1) is 11.3 Å². The van der Waals surface area contributed by atoms with Crippen LogP contribution in [0.2, 0.25) is 0 Å². The highest BCUT2D eigenvalue weighted by Gasteiger charge is 2.12. The molecule has 0 bridgehead atoms. The van der Waals surface area contributed by atoms with Crippen LogP contribution >= 0.6 is 0 Å². The number of hydrogen-bond donors (Lipinski definition) is 1. The molecule has 0 atom stereocenters. The Balaban J connectivity index is 1.79. The number of hydrogen-bond acceptors (Lipinski definition) is 3. The molecule has 0 spiro atoms. The van der Waals surface area contributed by atoms with Crippen molar-refractivity contribution in [3.8, 4) is 0 Å². The van der Waals surface area contributed by atoms with Crippen molar-refractivity contribution in [1.29, 1.82) is 0 Å². The van der Waals surface area contributed by atoms with Gasteiger partial charge in [-0.1, -0.05) is 0 Å². The first-order valence-electron chi connectivity index (χ1n) is 6.50. The number of carbonyl (C=O) groups is 1. The molecular formula is C13H19N5O. The van der Waals surface area contributed by atoms with Crippen molar-refractivity contribution >= 4 is 5.91 Å². The Morgan fingerprint density at radius 3 is 2.89 bits per heavy atom. The molecule has 0 saturated carbocycles. The maximum Gasteiger partial charge on any atom is 0.254 e. The van der Waals surface area contributed by atoms with E-state index in [-0.39, 0.29) is 5.91 Å². The number of amides is 1. The molecule has 0 fully saturated rings. The quantitative estimate of drug-likeness (QED) is 0.795.